The summed E-state index contributed by atoms with van der Waals surface area (Å²) in [5.74, 6) is 0.557. The van der Waals surface area contributed by atoms with E-state index in [2.05, 4.69) is 16.0 Å². The number of benzene rings is 1. The molecule has 3 aromatic rings. The Labute approximate surface area is 187 Å². The van der Waals surface area contributed by atoms with Crippen LogP contribution in [-0.4, -0.2) is 40.0 Å². The summed E-state index contributed by atoms with van der Waals surface area (Å²) in [5.41, 5.74) is 6.46. The van der Waals surface area contributed by atoms with Gasteiger partial charge in [0.2, 0.25) is 0 Å². The normalized spacial score (nSPS) is 17.7. The second-order valence-corrected chi connectivity index (χ2v) is 8.75. The van der Waals surface area contributed by atoms with Gasteiger partial charge in [-0.1, -0.05) is 17.7 Å². The number of carbonyl (C=O) groups excluding carboxylic acids is 1. The summed E-state index contributed by atoms with van der Waals surface area (Å²) in [4.78, 5) is 24.1. The van der Waals surface area contributed by atoms with Crippen LogP contribution in [0.5, 0.6) is 5.75 Å². The van der Waals surface area contributed by atoms with Gasteiger partial charge >= 0.3 is 0 Å². The molecule has 6 heteroatoms. The Balaban J connectivity index is 1.45. The van der Waals surface area contributed by atoms with Gasteiger partial charge in [0.25, 0.3) is 5.91 Å². The lowest BCUT2D eigenvalue weighted by Gasteiger charge is -2.20. The third-order valence-electron chi connectivity index (χ3n) is 6.29. The minimum atomic E-state index is 0.0264. The Morgan fingerprint density at radius 3 is 2.77 bits per heavy atom. The van der Waals surface area contributed by atoms with Crippen molar-refractivity contribution in [2.45, 2.75) is 39.2 Å². The summed E-state index contributed by atoms with van der Waals surface area (Å²) in [5, 5.41) is 0.539. The first kappa shape index (κ1) is 20.0. The van der Waals surface area contributed by atoms with Crippen LogP contribution < -0.4 is 4.74 Å². The largest absolute Gasteiger partial charge is 0.489 e. The monoisotopic (exact) mass is 433 g/mol. The molecule has 2 aliphatic rings. The predicted octanol–water partition coefficient (Wildman–Crippen LogP) is 5.00. The molecule has 0 saturated carbocycles. The third kappa shape index (κ3) is 3.68. The summed E-state index contributed by atoms with van der Waals surface area (Å²) in [6.45, 7) is 5.24. The lowest BCUT2D eigenvalue weighted by molar-refractivity contribution is 0.0726. The average Bonchev–Trinajstić information content (AvgIpc) is 3.21. The Bertz CT molecular complexity index is 1140. The molecule has 2 aromatic heterocycles. The van der Waals surface area contributed by atoms with E-state index in [4.69, 9.17) is 16.3 Å². The van der Waals surface area contributed by atoms with E-state index < -0.39 is 0 Å². The van der Waals surface area contributed by atoms with E-state index in [0.29, 0.717) is 29.4 Å². The van der Waals surface area contributed by atoms with Gasteiger partial charge in [-0.25, -0.2) is 0 Å². The van der Waals surface area contributed by atoms with E-state index in [1.165, 1.54) is 0 Å². The molecular formula is C25H24ClN3O2. The van der Waals surface area contributed by atoms with Crippen LogP contribution in [0.25, 0.3) is 11.3 Å². The molecule has 158 valence electrons. The Morgan fingerprint density at radius 1 is 1.16 bits per heavy atom. The maximum absolute atomic E-state index is 13.2. The number of amides is 1. The molecule has 0 bridgehead atoms. The highest BCUT2D eigenvalue weighted by atomic mass is 35.5. The minimum absolute atomic E-state index is 0.0264. The van der Waals surface area contributed by atoms with Crippen LogP contribution in [0.3, 0.4) is 0 Å². The minimum Gasteiger partial charge on any atom is -0.489 e. The number of hydrogen-bond acceptors (Lipinski definition) is 4. The Kier molecular flexibility index (Phi) is 5.14. The summed E-state index contributed by atoms with van der Waals surface area (Å²) in [6, 6.07) is 10.2. The summed E-state index contributed by atoms with van der Waals surface area (Å²) in [7, 11) is 0. The van der Waals surface area contributed by atoms with Gasteiger partial charge in [-0.3, -0.25) is 14.8 Å². The molecule has 1 fully saturated rings. The van der Waals surface area contributed by atoms with Crippen LogP contribution in [-0.2, 0) is 6.42 Å². The van der Waals surface area contributed by atoms with Gasteiger partial charge < -0.3 is 9.64 Å². The number of nitrogens with zero attached hydrogens (tertiary/aromatic N) is 3. The predicted molar refractivity (Wildman–Crippen MR) is 121 cm³/mol. The van der Waals surface area contributed by atoms with Crippen molar-refractivity contribution in [2.24, 2.45) is 0 Å². The SMILES string of the molecule is Cc1ccc(-c2ccc(Cc3cc4c(c(Cl)c3C)OC[C@@H]3CCCN3C4=O)cn2)cn1. The van der Waals surface area contributed by atoms with Gasteiger partial charge in [-0.2, -0.15) is 0 Å². The second kappa shape index (κ2) is 7.97. The molecule has 1 aromatic carbocycles. The number of carbonyl (C=O) groups is 1. The zero-order chi connectivity index (χ0) is 21.5. The smallest absolute Gasteiger partial charge is 0.258 e. The highest BCUT2D eigenvalue weighted by molar-refractivity contribution is 6.33. The molecule has 31 heavy (non-hydrogen) atoms. The van der Waals surface area contributed by atoms with Crippen molar-refractivity contribution < 1.29 is 9.53 Å². The molecule has 5 nitrogen and oxygen atoms in total. The fraction of sp³-hybridized carbons (Fsp3) is 0.320. The van der Waals surface area contributed by atoms with E-state index in [1.54, 1.807) is 0 Å². The van der Waals surface area contributed by atoms with Crippen LogP contribution in [0.1, 0.15) is 45.6 Å². The number of fused-ring (bicyclic) bond motifs is 2. The van der Waals surface area contributed by atoms with E-state index in [-0.39, 0.29) is 11.9 Å². The van der Waals surface area contributed by atoms with Gasteiger partial charge in [0.1, 0.15) is 6.61 Å². The van der Waals surface area contributed by atoms with E-state index in [1.807, 2.05) is 55.4 Å². The van der Waals surface area contributed by atoms with Crippen molar-refractivity contribution in [2.75, 3.05) is 13.2 Å². The highest BCUT2D eigenvalue weighted by Crippen LogP contribution is 2.39. The van der Waals surface area contributed by atoms with Gasteiger partial charge in [-0.05, 0) is 74.1 Å². The topological polar surface area (TPSA) is 55.3 Å². The molecule has 0 N–H and O–H groups in total. The van der Waals surface area contributed by atoms with Crippen molar-refractivity contribution in [3.05, 3.63) is 75.7 Å². The maximum atomic E-state index is 13.2. The zero-order valence-corrected chi connectivity index (χ0v) is 18.4. The van der Waals surface area contributed by atoms with Crippen LogP contribution in [0.2, 0.25) is 5.02 Å². The number of aromatic nitrogens is 2. The van der Waals surface area contributed by atoms with Crippen LogP contribution in [0.15, 0.2) is 42.7 Å². The molecule has 4 heterocycles. The number of pyridine rings is 2. The molecule has 1 saturated heterocycles. The molecule has 2 aliphatic heterocycles. The fourth-order valence-electron chi connectivity index (χ4n) is 4.41. The van der Waals surface area contributed by atoms with E-state index in [9.17, 15) is 4.79 Å². The summed E-state index contributed by atoms with van der Waals surface area (Å²) >= 11 is 6.68. The van der Waals surface area contributed by atoms with Crippen molar-refractivity contribution in [3.63, 3.8) is 0 Å². The van der Waals surface area contributed by atoms with Gasteiger partial charge in [0.15, 0.2) is 5.75 Å². The van der Waals surface area contributed by atoms with Gasteiger partial charge in [-0.15, -0.1) is 0 Å². The maximum Gasteiger partial charge on any atom is 0.258 e. The first-order valence-electron chi connectivity index (χ1n) is 10.6. The number of rotatable bonds is 3. The van der Waals surface area contributed by atoms with Crippen molar-refractivity contribution >= 4 is 17.5 Å². The van der Waals surface area contributed by atoms with Crippen LogP contribution >= 0.6 is 11.6 Å². The quantitative estimate of drug-likeness (QED) is 0.583. The Morgan fingerprint density at radius 2 is 2.03 bits per heavy atom. The standard InChI is InChI=1S/C25H24ClN3O2/c1-15-5-7-18(13-27-15)22-8-6-17(12-28-22)10-19-11-21-24(23(26)16(19)2)31-14-20-4-3-9-29(20)25(21)30/h5-8,11-13,20H,3-4,9-10,14H2,1-2H3/t20-/m0/s1. The lowest BCUT2D eigenvalue weighted by atomic mass is 9.97. The van der Waals surface area contributed by atoms with Crippen LogP contribution in [0.4, 0.5) is 0 Å². The highest BCUT2D eigenvalue weighted by Gasteiger charge is 2.35. The molecule has 0 aliphatic carbocycles. The van der Waals surface area contributed by atoms with Crippen molar-refractivity contribution in [1.29, 1.82) is 0 Å². The lowest BCUT2D eigenvalue weighted by Crippen LogP contribution is -2.36. The first-order chi connectivity index (χ1) is 15.0. The molecule has 0 unspecified atom stereocenters. The Hall–Kier alpha value is -2.92. The fourth-order valence-corrected chi connectivity index (χ4v) is 4.69. The number of hydrogen-bond donors (Lipinski definition) is 0. The first-order valence-corrected chi connectivity index (χ1v) is 11.0. The molecule has 1 amide bonds. The number of aryl methyl sites for hydroxylation is 1. The van der Waals surface area contributed by atoms with E-state index in [0.717, 1.165) is 53.0 Å². The molecule has 0 radical (unpaired) electrons. The van der Waals surface area contributed by atoms with Gasteiger partial charge in [0.05, 0.1) is 22.3 Å². The number of ether oxygens (including phenoxy) is 1. The van der Waals surface area contributed by atoms with Gasteiger partial charge in [0, 0.05) is 30.2 Å². The second-order valence-electron chi connectivity index (χ2n) is 8.37. The molecule has 0 spiro atoms. The average molecular weight is 434 g/mol. The van der Waals surface area contributed by atoms with Crippen LogP contribution in [0, 0.1) is 13.8 Å². The summed E-state index contributed by atoms with van der Waals surface area (Å²) < 4.78 is 6.01. The summed E-state index contributed by atoms with van der Waals surface area (Å²) in [6.07, 6.45) is 6.37. The number of halogens is 1. The van der Waals surface area contributed by atoms with Crippen molar-refractivity contribution in [3.8, 4) is 17.0 Å². The molecule has 5 rings (SSSR count). The van der Waals surface area contributed by atoms with E-state index >= 15 is 0 Å². The molecule has 1 atom stereocenters. The zero-order valence-electron chi connectivity index (χ0n) is 17.7. The van der Waals surface area contributed by atoms with Crippen molar-refractivity contribution in [1.82, 2.24) is 14.9 Å². The third-order valence-corrected chi connectivity index (χ3v) is 6.74. The molecular weight excluding hydrogens is 410 g/mol.